The van der Waals surface area contributed by atoms with E-state index in [0.29, 0.717) is 6.04 Å². The number of thiophene rings is 1. The molecule has 3 aromatic rings. The number of carbonyl (C=O) groups is 1. The summed E-state index contributed by atoms with van der Waals surface area (Å²) in [6.07, 6.45) is 6.90. The summed E-state index contributed by atoms with van der Waals surface area (Å²) in [4.78, 5) is 16.6. The van der Waals surface area contributed by atoms with Crippen molar-refractivity contribution in [2.45, 2.75) is 67.3 Å². The minimum atomic E-state index is 0.331. The van der Waals surface area contributed by atoms with Gasteiger partial charge in [-0.2, -0.15) is 5.10 Å². The Morgan fingerprint density at radius 2 is 1.90 bits per heavy atom. The van der Waals surface area contributed by atoms with Crippen LogP contribution in [-0.4, -0.2) is 27.2 Å². The molecule has 160 valence electrons. The highest BCUT2D eigenvalue weighted by molar-refractivity contribution is 7.19. The number of nitrogens with one attached hydrogen (secondary N) is 1. The van der Waals surface area contributed by atoms with Crippen molar-refractivity contribution in [3.8, 4) is 11.1 Å². The molecular formula is C22H33ClN4OS. The van der Waals surface area contributed by atoms with Gasteiger partial charge in [0.1, 0.15) is 4.83 Å². The molecule has 1 N–H and O–H groups in total. The molecule has 29 heavy (non-hydrogen) atoms. The average Bonchev–Trinajstić information content (AvgIpc) is 3.23. The summed E-state index contributed by atoms with van der Waals surface area (Å²) in [7, 11) is 1.93. The molecular weight excluding hydrogens is 404 g/mol. The largest absolute Gasteiger partial charge is 0.356 e. The van der Waals surface area contributed by atoms with Crippen LogP contribution in [0.15, 0.2) is 12.4 Å². The Labute approximate surface area is 183 Å². The van der Waals surface area contributed by atoms with Crippen LogP contribution in [0.2, 0.25) is 5.02 Å². The summed E-state index contributed by atoms with van der Waals surface area (Å²) >= 11 is 8.06. The number of fused-ring (bicyclic) bond motifs is 1. The Morgan fingerprint density at radius 1 is 1.28 bits per heavy atom. The predicted octanol–water partition coefficient (Wildman–Crippen LogP) is 6.22. The van der Waals surface area contributed by atoms with E-state index in [4.69, 9.17) is 11.6 Å². The molecule has 0 radical (unpaired) electrons. The second kappa shape index (κ2) is 11.9. The normalized spacial score (nSPS) is 11.2. The van der Waals surface area contributed by atoms with Crippen molar-refractivity contribution in [1.82, 2.24) is 20.1 Å². The number of nitrogens with zero attached hydrogens (tertiary/aromatic N) is 3. The lowest BCUT2D eigenvalue weighted by atomic mass is 10.0. The molecule has 0 aliphatic rings. The number of halogens is 1. The van der Waals surface area contributed by atoms with E-state index in [-0.39, 0.29) is 0 Å². The Morgan fingerprint density at radius 3 is 2.34 bits per heavy atom. The molecule has 0 fully saturated rings. The van der Waals surface area contributed by atoms with Gasteiger partial charge in [0.2, 0.25) is 6.41 Å². The van der Waals surface area contributed by atoms with Gasteiger partial charge in [0.25, 0.3) is 0 Å². The Hall–Kier alpha value is -1.92. The maximum atomic E-state index is 9.66. The number of pyridine rings is 1. The third kappa shape index (κ3) is 6.54. The lowest BCUT2D eigenvalue weighted by Gasteiger charge is -2.05. The van der Waals surface area contributed by atoms with Gasteiger partial charge in [-0.1, -0.05) is 38.8 Å². The maximum Gasteiger partial charge on any atom is 0.207 e. The van der Waals surface area contributed by atoms with Crippen molar-refractivity contribution in [2.75, 3.05) is 0 Å². The number of rotatable bonds is 4. The first-order valence-electron chi connectivity index (χ1n) is 9.96. The summed E-state index contributed by atoms with van der Waals surface area (Å²) in [5.41, 5.74) is 4.33. The Kier molecular flexibility index (Phi) is 10.3. The molecule has 1 unspecified atom stereocenters. The molecule has 0 bridgehead atoms. The van der Waals surface area contributed by atoms with E-state index in [1.165, 1.54) is 16.9 Å². The van der Waals surface area contributed by atoms with Gasteiger partial charge in [0.15, 0.2) is 0 Å². The van der Waals surface area contributed by atoms with Gasteiger partial charge in [0.05, 0.1) is 16.9 Å². The molecule has 7 heteroatoms. The van der Waals surface area contributed by atoms with Crippen LogP contribution in [0.5, 0.6) is 0 Å². The van der Waals surface area contributed by atoms with Crippen molar-refractivity contribution in [2.24, 2.45) is 7.05 Å². The van der Waals surface area contributed by atoms with Crippen molar-refractivity contribution in [1.29, 1.82) is 0 Å². The third-order valence-corrected chi connectivity index (χ3v) is 5.87. The molecule has 0 saturated heterocycles. The van der Waals surface area contributed by atoms with Gasteiger partial charge < -0.3 is 5.32 Å². The first-order valence-corrected chi connectivity index (χ1v) is 11.1. The fourth-order valence-corrected chi connectivity index (χ4v) is 3.96. The van der Waals surface area contributed by atoms with E-state index in [1.807, 2.05) is 44.9 Å². The molecule has 0 aliphatic carbocycles. The van der Waals surface area contributed by atoms with Crippen LogP contribution in [0.1, 0.15) is 56.7 Å². The van der Waals surface area contributed by atoms with E-state index in [0.717, 1.165) is 44.9 Å². The summed E-state index contributed by atoms with van der Waals surface area (Å²) in [6.45, 7) is 14.4. The number of aromatic nitrogens is 3. The molecule has 3 heterocycles. The first kappa shape index (κ1) is 25.1. The van der Waals surface area contributed by atoms with Gasteiger partial charge in [-0.05, 0) is 39.7 Å². The fourth-order valence-electron chi connectivity index (χ4n) is 2.67. The van der Waals surface area contributed by atoms with Crippen molar-refractivity contribution in [3.63, 3.8) is 0 Å². The van der Waals surface area contributed by atoms with E-state index in [9.17, 15) is 4.79 Å². The van der Waals surface area contributed by atoms with Crippen LogP contribution in [-0.2, 0) is 11.8 Å². The van der Waals surface area contributed by atoms with Crippen molar-refractivity contribution < 1.29 is 4.79 Å². The summed E-state index contributed by atoms with van der Waals surface area (Å²) in [5.74, 6) is 0. The molecule has 0 saturated carbocycles. The second-order valence-electron chi connectivity index (χ2n) is 7.05. The molecule has 5 nitrogen and oxygen atoms in total. The highest BCUT2D eigenvalue weighted by Gasteiger charge is 2.18. The summed E-state index contributed by atoms with van der Waals surface area (Å²) in [5, 5.41) is 8.79. The van der Waals surface area contributed by atoms with Gasteiger partial charge in [0, 0.05) is 40.7 Å². The molecule has 3 aromatic heterocycles. The Balaban J connectivity index is 0.000000355. The monoisotopic (exact) mass is 436 g/mol. The predicted molar refractivity (Wildman–Crippen MR) is 126 cm³/mol. The number of hydrogen-bond donors (Lipinski definition) is 1. The number of aryl methyl sites for hydroxylation is 4. The minimum absolute atomic E-state index is 0.331. The van der Waals surface area contributed by atoms with Crippen molar-refractivity contribution >= 4 is 39.6 Å². The minimum Gasteiger partial charge on any atom is -0.356 e. The van der Waals surface area contributed by atoms with Gasteiger partial charge >= 0.3 is 0 Å². The summed E-state index contributed by atoms with van der Waals surface area (Å²) < 4.78 is 1.82. The van der Waals surface area contributed by atoms with Crippen LogP contribution >= 0.6 is 22.9 Å². The van der Waals surface area contributed by atoms with Crippen LogP contribution in [0.4, 0.5) is 0 Å². The summed E-state index contributed by atoms with van der Waals surface area (Å²) in [6, 6.07) is 0.331. The van der Waals surface area contributed by atoms with Gasteiger partial charge in [-0.3, -0.25) is 9.48 Å². The molecule has 1 amide bonds. The number of hydrogen-bond acceptors (Lipinski definition) is 4. The zero-order chi connectivity index (χ0) is 22.1. The highest BCUT2D eigenvalue weighted by atomic mass is 35.5. The average molecular weight is 437 g/mol. The van der Waals surface area contributed by atoms with Crippen LogP contribution < -0.4 is 5.32 Å². The lowest BCUT2D eigenvalue weighted by molar-refractivity contribution is -0.110. The van der Waals surface area contributed by atoms with E-state index in [2.05, 4.69) is 43.1 Å². The molecule has 3 rings (SSSR count). The molecule has 0 spiro atoms. The molecule has 1 atom stereocenters. The van der Waals surface area contributed by atoms with Crippen LogP contribution in [0, 0.1) is 20.8 Å². The number of carbonyl (C=O) groups excluding carboxylic acids is 1. The number of amides is 1. The van der Waals surface area contributed by atoms with Crippen molar-refractivity contribution in [3.05, 3.63) is 33.6 Å². The van der Waals surface area contributed by atoms with Crippen LogP contribution in [0.25, 0.3) is 21.3 Å². The standard InChI is InChI=1S/C14H14ClN3S.C5H11NO.C3H8/c1-7-11-12(10-5-16-18(4)6-10)9(3)19-14(11)17-8(2)13(7)15;1-3-5(2)6-4-7;1-3-2/h5-6H,1-4H3;4-5H,3H2,1-2H3,(H,6,7);3H2,1-2H3. The second-order valence-corrected chi connectivity index (χ2v) is 8.63. The molecule has 0 aromatic carbocycles. The first-order chi connectivity index (χ1) is 13.7. The quantitative estimate of drug-likeness (QED) is 0.493. The van der Waals surface area contributed by atoms with E-state index in [1.54, 1.807) is 11.3 Å². The van der Waals surface area contributed by atoms with E-state index < -0.39 is 0 Å². The molecule has 0 aliphatic heterocycles. The topological polar surface area (TPSA) is 59.8 Å². The van der Waals surface area contributed by atoms with E-state index >= 15 is 0 Å². The lowest BCUT2D eigenvalue weighted by Crippen LogP contribution is -2.22. The van der Waals surface area contributed by atoms with Gasteiger partial charge in [-0.25, -0.2) is 4.98 Å². The van der Waals surface area contributed by atoms with Gasteiger partial charge in [-0.15, -0.1) is 11.3 Å². The Bertz CT molecular complexity index is 933. The fraction of sp³-hybridized carbons (Fsp3) is 0.500. The third-order valence-electron chi connectivity index (χ3n) is 4.32. The van der Waals surface area contributed by atoms with Crippen LogP contribution in [0.3, 0.4) is 0 Å². The SMILES string of the molecule is CCC.CCC(C)NC=O.Cc1nc2sc(C)c(-c3cnn(C)c3)c2c(C)c1Cl. The zero-order valence-corrected chi connectivity index (χ0v) is 20.3. The maximum absolute atomic E-state index is 9.66. The zero-order valence-electron chi connectivity index (χ0n) is 18.8. The smallest absolute Gasteiger partial charge is 0.207 e. The highest BCUT2D eigenvalue weighted by Crippen LogP contribution is 2.41.